The summed E-state index contributed by atoms with van der Waals surface area (Å²) in [6.45, 7) is 11.8. The van der Waals surface area contributed by atoms with Crippen LogP contribution in [0.25, 0.3) is 32.8 Å². The first-order chi connectivity index (χ1) is 16.9. The summed E-state index contributed by atoms with van der Waals surface area (Å²) in [6.07, 6.45) is 0. The molecule has 0 fully saturated rings. The van der Waals surface area contributed by atoms with Gasteiger partial charge in [0.1, 0.15) is 0 Å². The van der Waals surface area contributed by atoms with Crippen LogP contribution in [0.3, 0.4) is 0 Å². The van der Waals surface area contributed by atoms with Crippen LogP contribution in [0.4, 0.5) is 0 Å². The number of benzene rings is 3. The summed E-state index contributed by atoms with van der Waals surface area (Å²) in [6, 6.07) is 34.8. The average molecular weight is 562 g/mol. The number of fused-ring (bicyclic) bond motifs is 1. The van der Waals surface area contributed by atoms with Gasteiger partial charge >= 0.3 is 0 Å². The van der Waals surface area contributed by atoms with Crippen LogP contribution in [0.5, 0.6) is 0 Å². The molecule has 4 aromatic carbocycles. The van der Waals surface area contributed by atoms with Crippen LogP contribution in [-0.2, 0) is 26.2 Å². The average Bonchev–Trinajstić information content (AvgIpc) is 3.53. The van der Waals surface area contributed by atoms with E-state index in [9.17, 15) is 0 Å². The molecule has 5 aromatic rings. The molecule has 3 heteroatoms. The summed E-state index contributed by atoms with van der Waals surface area (Å²) >= 11 is 0. The van der Waals surface area contributed by atoms with Gasteiger partial charge in [0.15, 0.2) is 0 Å². The standard InChI is InChI=1S/C17H19NSi.C16H13.Zr/c1-11-10-14-15(17-12(2)16(14)19(17,3)4)18(11)13-8-6-5-7-9-13;1-12-10-14-8-5-9-15(16(14)11-12)13-6-3-2-4-7-13;/h5-10,17H,1-4H3;2-11H,1H3;/q;-1;. The zero-order valence-corrected chi connectivity index (χ0v) is 25.2. The molecule has 3 aliphatic rings. The van der Waals surface area contributed by atoms with E-state index in [0.717, 1.165) is 5.54 Å². The van der Waals surface area contributed by atoms with Gasteiger partial charge in [-0.1, -0.05) is 90.9 Å². The Labute approximate surface area is 235 Å². The van der Waals surface area contributed by atoms with Crippen molar-refractivity contribution in [3.05, 3.63) is 125 Å². The van der Waals surface area contributed by atoms with E-state index in [1.807, 2.05) is 0 Å². The minimum absolute atomic E-state index is 0. The van der Waals surface area contributed by atoms with Crippen molar-refractivity contribution in [2.75, 3.05) is 0 Å². The van der Waals surface area contributed by atoms with Crippen molar-refractivity contribution < 1.29 is 26.2 Å². The van der Waals surface area contributed by atoms with E-state index in [4.69, 9.17) is 0 Å². The largest absolute Gasteiger partial charge is 0.317 e. The van der Waals surface area contributed by atoms with Crippen LogP contribution in [0.2, 0.25) is 13.1 Å². The monoisotopic (exact) mass is 560 g/mol. The van der Waals surface area contributed by atoms with Crippen molar-refractivity contribution in [3.8, 4) is 16.8 Å². The third kappa shape index (κ3) is 3.80. The Hall–Kier alpha value is -2.61. The Morgan fingerprint density at radius 2 is 1.42 bits per heavy atom. The van der Waals surface area contributed by atoms with Gasteiger partial charge < -0.3 is 4.57 Å². The van der Waals surface area contributed by atoms with Gasteiger partial charge in [-0.2, -0.15) is 6.07 Å². The van der Waals surface area contributed by atoms with Crippen molar-refractivity contribution in [2.45, 2.75) is 39.4 Å². The molecule has 0 N–H and O–H groups in total. The van der Waals surface area contributed by atoms with Crippen molar-refractivity contribution >= 4 is 24.0 Å². The second kappa shape index (κ2) is 9.36. The maximum atomic E-state index is 2.52. The maximum absolute atomic E-state index is 2.52. The fraction of sp³-hybridized carbons (Fsp3) is 0.182. The fourth-order valence-corrected chi connectivity index (χ4v) is 11.0. The molecule has 0 saturated carbocycles. The Morgan fingerprint density at radius 1 is 0.750 bits per heavy atom. The van der Waals surface area contributed by atoms with Gasteiger partial charge in [0.05, 0.1) is 8.07 Å². The number of hydrogen-bond donors (Lipinski definition) is 0. The summed E-state index contributed by atoms with van der Waals surface area (Å²) in [7, 11) is -1.19. The Kier molecular flexibility index (Phi) is 6.52. The van der Waals surface area contributed by atoms with Gasteiger partial charge in [0, 0.05) is 48.8 Å². The first kappa shape index (κ1) is 25.1. The van der Waals surface area contributed by atoms with E-state index in [-0.39, 0.29) is 26.2 Å². The van der Waals surface area contributed by atoms with E-state index in [1.165, 1.54) is 38.8 Å². The van der Waals surface area contributed by atoms with Crippen molar-refractivity contribution in [1.82, 2.24) is 4.57 Å². The van der Waals surface area contributed by atoms with Crippen LogP contribution in [0, 0.1) is 13.8 Å². The fourth-order valence-electron chi connectivity index (χ4n) is 6.68. The molecule has 0 radical (unpaired) electrons. The molecule has 1 aromatic heterocycles. The number of aryl methyl sites for hydroxylation is 2. The quantitative estimate of drug-likeness (QED) is 0.150. The third-order valence-electron chi connectivity index (χ3n) is 7.95. The van der Waals surface area contributed by atoms with Crippen molar-refractivity contribution in [2.24, 2.45) is 0 Å². The normalized spacial score (nSPS) is 16.6. The SMILES string of the molecule is CC1=C2c3cc(C)n(-c4ccccc4)c3C1[Si]2(C)C.Cc1cc2c(-c3ccccc3)cccc2[cH-]1.[Zr]. The topological polar surface area (TPSA) is 4.93 Å². The molecule has 2 aliphatic heterocycles. The van der Waals surface area contributed by atoms with Gasteiger partial charge in [-0.25, -0.2) is 0 Å². The van der Waals surface area contributed by atoms with E-state index in [0.29, 0.717) is 0 Å². The van der Waals surface area contributed by atoms with Crippen LogP contribution in [0.15, 0.2) is 103 Å². The van der Waals surface area contributed by atoms with Gasteiger partial charge in [-0.3, -0.25) is 0 Å². The Morgan fingerprint density at radius 3 is 2.08 bits per heavy atom. The summed E-state index contributed by atoms with van der Waals surface area (Å²) in [4.78, 5) is 0. The minimum atomic E-state index is -1.19. The number of aromatic nitrogens is 1. The Balaban J connectivity index is 0.000000146. The smallest absolute Gasteiger partial charge is 0.0950 e. The van der Waals surface area contributed by atoms with Crippen LogP contribution < -0.4 is 0 Å². The van der Waals surface area contributed by atoms with E-state index in [1.54, 1.807) is 22.0 Å². The summed E-state index contributed by atoms with van der Waals surface area (Å²) in [5, 5.41) is 4.41. The third-order valence-corrected chi connectivity index (χ3v) is 12.1. The van der Waals surface area contributed by atoms with Crippen LogP contribution in [0.1, 0.15) is 35.0 Å². The zero-order chi connectivity index (χ0) is 24.3. The van der Waals surface area contributed by atoms with E-state index in [2.05, 4.69) is 135 Å². The van der Waals surface area contributed by atoms with Crippen molar-refractivity contribution in [1.29, 1.82) is 0 Å². The molecule has 1 aliphatic carbocycles. The van der Waals surface area contributed by atoms with Crippen LogP contribution >= 0.6 is 0 Å². The number of nitrogens with zero attached hydrogens (tertiary/aromatic N) is 1. The summed E-state index contributed by atoms with van der Waals surface area (Å²) in [5.41, 5.74) is 12.2. The molecule has 0 spiro atoms. The first-order valence-electron chi connectivity index (χ1n) is 12.6. The molecular formula is C33H32NSiZr-. The number of rotatable bonds is 2. The number of allylic oxidation sites excluding steroid dienone is 1. The molecule has 1 unspecified atom stereocenters. The van der Waals surface area contributed by atoms with Gasteiger partial charge in [-0.15, -0.1) is 34.5 Å². The van der Waals surface area contributed by atoms with E-state index < -0.39 is 8.07 Å². The molecular weight excluding hydrogens is 530 g/mol. The van der Waals surface area contributed by atoms with Gasteiger partial charge in [0.2, 0.25) is 0 Å². The van der Waals surface area contributed by atoms with Crippen molar-refractivity contribution in [3.63, 3.8) is 0 Å². The molecule has 178 valence electrons. The molecule has 3 heterocycles. The van der Waals surface area contributed by atoms with Gasteiger partial charge in [0.25, 0.3) is 0 Å². The van der Waals surface area contributed by atoms with Crippen LogP contribution in [-0.4, -0.2) is 12.6 Å². The molecule has 1 nitrogen and oxygen atoms in total. The predicted octanol–water partition coefficient (Wildman–Crippen LogP) is 8.99. The number of hydrogen-bond acceptors (Lipinski definition) is 0. The minimum Gasteiger partial charge on any atom is -0.317 e. The van der Waals surface area contributed by atoms with E-state index >= 15 is 0 Å². The molecule has 1 atom stereocenters. The second-order valence-corrected chi connectivity index (χ2v) is 15.2. The molecule has 0 saturated heterocycles. The zero-order valence-electron chi connectivity index (χ0n) is 21.8. The Bertz CT molecular complexity index is 1590. The molecule has 8 rings (SSSR count). The molecule has 0 amide bonds. The van der Waals surface area contributed by atoms with Gasteiger partial charge in [-0.05, 0) is 43.2 Å². The predicted molar refractivity (Wildman–Crippen MR) is 153 cm³/mol. The summed E-state index contributed by atoms with van der Waals surface area (Å²) in [5.74, 6) is 0. The molecule has 2 bridgehead atoms. The first-order valence-corrected chi connectivity index (χ1v) is 15.7. The number of para-hydroxylation sites is 1. The second-order valence-electron chi connectivity index (χ2n) is 10.7. The maximum Gasteiger partial charge on any atom is 0.0950 e. The molecule has 36 heavy (non-hydrogen) atoms. The summed E-state index contributed by atoms with van der Waals surface area (Å²) < 4.78 is 2.48.